The average molecular weight is 339 g/mol. The smallest absolute Gasteiger partial charge is 0.171 e. The van der Waals surface area contributed by atoms with Gasteiger partial charge in [-0.15, -0.1) is 0 Å². The minimum absolute atomic E-state index is 0.396. The van der Waals surface area contributed by atoms with Gasteiger partial charge in [-0.1, -0.05) is 18.2 Å². The molecule has 130 valence electrons. The molecule has 0 aliphatic heterocycles. The molecule has 1 aromatic heterocycles. The Balaban J connectivity index is 1.64. The number of H-pyrrole nitrogens is 1. The minimum Gasteiger partial charge on any atom is -0.497 e. The molecule has 2 aromatic carbocycles. The van der Waals surface area contributed by atoms with E-state index in [0.29, 0.717) is 18.2 Å². The monoisotopic (exact) mass is 339 g/mol. The van der Waals surface area contributed by atoms with Crippen LogP contribution >= 0.6 is 0 Å². The Morgan fingerprint density at radius 1 is 1.08 bits per heavy atom. The molecule has 0 saturated carbocycles. The zero-order valence-corrected chi connectivity index (χ0v) is 14.2. The van der Waals surface area contributed by atoms with Crippen molar-refractivity contribution in [2.24, 2.45) is 5.73 Å². The number of nitrogens with zero attached hydrogens (tertiary/aromatic N) is 2. The topological polar surface area (TPSA) is 98.1 Å². The molecule has 0 aliphatic rings. The molecule has 7 nitrogen and oxygen atoms in total. The van der Waals surface area contributed by atoms with Crippen LogP contribution in [0, 0.1) is 0 Å². The molecule has 0 bridgehead atoms. The van der Waals surface area contributed by atoms with Gasteiger partial charge in [-0.25, -0.2) is 4.98 Å². The summed E-state index contributed by atoms with van der Waals surface area (Å²) in [4.78, 5) is 4.47. The second-order valence-corrected chi connectivity index (χ2v) is 5.48. The fraction of sp³-hybridized carbons (Fsp3) is 0.222. The molecule has 0 spiro atoms. The summed E-state index contributed by atoms with van der Waals surface area (Å²) in [6.07, 6.45) is 0. The number of anilines is 1. The summed E-state index contributed by atoms with van der Waals surface area (Å²) in [5.74, 6) is 2.84. The lowest BCUT2D eigenvalue weighted by molar-refractivity contribution is 0.414. The molecular weight excluding hydrogens is 318 g/mol. The number of nitrogens with two attached hydrogens (primary N) is 1. The van der Waals surface area contributed by atoms with E-state index in [2.05, 4.69) is 20.5 Å². The Labute approximate surface area is 146 Å². The van der Waals surface area contributed by atoms with Gasteiger partial charge < -0.3 is 20.5 Å². The van der Waals surface area contributed by atoms with Crippen molar-refractivity contribution in [1.82, 2.24) is 15.2 Å². The SMILES string of the molecule is COc1ccc([C@@H](N)c2n[nH]c(CNc3cccc(OC)c3)n2)cc1. The highest BCUT2D eigenvalue weighted by molar-refractivity contribution is 5.48. The van der Waals surface area contributed by atoms with Crippen LogP contribution in [0.15, 0.2) is 48.5 Å². The number of aromatic amines is 1. The molecule has 0 fully saturated rings. The van der Waals surface area contributed by atoms with Crippen LogP contribution in [0.3, 0.4) is 0 Å². The molecule has 0 radical (unpaired) electrons. The summed E-state index contributed by atoms with van der Waals surface area (Å²) < 4.78 is 10.4. The van der Waals surface area contributed by atoms with Gasteiger partial charge in [0.15, 0.2) is 5.82 Å². The lowest BCUT2D eigenvalue weighted by Crippen LogP contribution is -2.13. The van der Waals surface area contributed by atoms with Crippen LogP contribution in [0.5, 0.6) is 11.5 Å². The standard InChI is InChI=1S/C18H21N5O2/c1-24-14-8-6-12(7-9-14)17(19)18-21-16(22-23-18)11-20-13-4-3-5-15(10-13)25-2/h3-10,17,20H,11,19H2,1-2H3,(H,21,22,23)/t17-/m1/s1. The van der Waals surface area contributed by atoms with Gasteiger partial charge >= 0.3 is 0 Å². The first-order valence-electron chi connectivity index (χ1n) is 7.88. The van der Waals surface area contributed by atoms with Crippen molar-refractivity contribution in [2.75, 3.05) is 19.5 Å². The van der Waals surface area contributed by atoms with E-state index in [4.69, 9.17) is 15.2 Å². The summed E-state index contributed by atoms with van der Waals surface area (Å²) in [7, 11) is 3.27. The Kier molecular flexibility index (Phi) is 5.15. The maximum atomic E-state index is 6.24. The highest BCUT2D eigenvalue weighted by Gasteiger charge is 2.14. The molecule has 3 rings (SSSR count). The highest BCUT2D eigenvalue weighted by Crippen LogP contribution is 2.20. The molecule has 7 heteroatoms. The summed E-state index contributed by atoms with van der Waals surface area (Å²) >= 11 is 0. The van der Waals surface area contributed by atoms with Crippen LogP contribution in [0.25, 0.3) is 0 Å². The molecule has 25 heavy (non-hydrogen) atoms. The number of methoxy groups -OCH3 is 2. The number of nitrogens with one attached hydrogen (secondary N) is 2. The van der Waals surface area contributed by atoms with Crippen molar-refractivity contribution < 1.29 is 9.47 Å². The highest BCUT2D eigenvalue weighted by atomic mass is 16.5. The fourth-order valence-electron chi connectivity index (χ4n) is 2.41. The zero-order valence-electron chi connectivity index (χ0n) is 14.2. The van der Waals surface area contributed by atoms with E-state index < -0.39 is 6.04 Å². The van der Waals surface area contributed by atoms with E-state index in [1.165, 1.54) is 0 Å². The van der Waals surface area contributed by atoms with Gasteiger partial charge in [0.2, 0.25) is 0 Å². The quantitative estimate of drug-likeness (QED) is 0.612. The Morgan fingerprint density at radius 2 is 1.84 bits per heavy atom. The van der Waals surface area contributed by atoms with Gasteiger partial charge in [0.05, 0.1) is 26.8 Å². The van der Waals surface area contributed by atoms with Crippen LogP contribution in [0.2, 0.25) is 0 Å². The van der Waals surface area contributed by atoms with E-state index in [1.807, 2.05) is 48.5 Å². The number of benzene rings is 2. The Bertz CT molecular complexity index is 816. The van der Waals surface area contributed by atoms with Crippen LogP contribution in [-0.2, 0) is 6.54 Å². The first-order chi connectivity index (χ1) is 12.2. The summed E-state index contributed by atoms with van der Waals surface area (Å²) in [6, 6.07) is 14.9. The van der Waals surface area contributed by atoms with Crippen molar-refractivity contribution in [3.05, 3.63) is 65.7 Å². The second-order valence-electron chi connectivity index (χ2n) is 5.48. The summed E-state index contributed by atoms with van der Waals surface area (Å²) in [5.41, 5.74) is 8.11. The third-order valence-corrected chi connectivity index (χ3v) is 3.83. The molecule has 0 unspecified atom stereocenters. The minimum atomic E-state index is -0.396. The number of aromatic nitrogens is 3. The molecule has 4 N–H and O–H groups in total. The molecule has 1 atom stereocenters. The lowest BCUT2D eigenvalue weighted by atomic mass is 10.1. The average Bonchev–Trinajstić information content (AvgIpc) is 3.15. The van der Waals surface area contributed by atoms with E-state index in [-0.39, 0.29) is 0 Å². The largest absolute Gasteiger partial charge is 0.497 e. The summed E-state index contributed by atoms with van der Waals surface area (Å²) in [5, 5.41) is 10.4. The maximum absolute atomic E-state index is 6.24. The van der Waals surface area contributed by atoms with E-state index in [9.17, 15) is 0 Å². The number of hydrogen-bond acceptors (Lipinski definition) is 6. The molecular formula is C18H21N5O2. The van der Waals surface area contributed by atoms with Gasteiger partial charge in [0.1, 0.15) is 17.3 Å². The normalized spacial score (nSPS) is 11.8. The number of hydrogen-bond donors (Lipinski definition) is 3. The zero-order chi connectivity index (χ0) is 17.6. The third kappa shape index (κ3) is 4.07. The summed E-state index contributed by atoms with van der Waals surface area (Å²) in [6.45, 7) is 0.509. The molecule has 1 heterocycles. The van der Waals surface area contributed by atoms with Crippen molar-refractivity contribution in [3.63, 3.8) is 0 Å². The molecule has 0 aliphatic carbocycles. The lowest BCUT2D eigenvalue weighted by Gasteiger charge is -2.08. The Morgan fingerprint density at radius 3 is 2.56 bits per heavy atom. The Hall–Kier alpha value is -3.06. The number of ether oxygens (including phenoxy) is 2. The maximum Gasteiger partial charge on any atom is 0.171 e. The molecule has 0 amide bonds. The van der Waals surface area contributed by atoms with E-state index >= 15 is 0 Å². The van der Waals surface area contributed by atoms with Crippen LogP contribution in [0.1, 0.15) is 23.3 Å². The van der Waals surface area contributed by atoms with Gasteiger partial charge in [0, 0.05) is 11.8 Å². The fourth-order valence-corrected chi connectivity index (χ4v) is 2.41. The van der Waals surface area contributed by atoms with Crippen LogP contribution in [-0.4, -0.2) is 29.4 Å². The van der Waals surface area contributed by atoms with Crippen LogP contribution in [0.4, 0.5) is 5.69 Å². The van der Waals surface area contributed by atoms with E-state index in [1.54, 1.807) is 14.2 Å². The second kappa shape index (κ2) is 7.67. The first kappa shape index (κ1) is 16.8. The number of rotatable bonds is 7. The van der Waals surface area contributed by atoms with Gasteiger partial charge in [-0.2, -0.15) is 5.10 Å². The molecule has 3 aromatic rings. The van der Waals surface area contributed by atoms with Crippen molar-refractivity contribution >= 4 is 5.69 Å². The first-order valence-corrected chi connectivity index (χ1v) is 7.88. The van der Waals surface area contributed by atoms with Crippen LogP contribution < -0.4 is 20.5 Å². The molecule has 0 saturated heterocycles. The predicted molar refractivity (Wildman–Crippen MR) is 95.7 cm³/mol. The van der Waals surface area contributed by atoms with Gasteiger partial charge in [-0.05, 0) is 29.8 Å². The van der Waals surface area contributed by atoms with Crippen molar-refractivity contribution in [2.45, 2.75) is 12.6 Å². The van der Waals surface area contributed by atoms with E-state index in [0.717, 1.165) is 22.7 Å². The van der Waals surface area contributed by atoms with Crippen molar-refractivity contribution in [3.8, 4) is 11.5 Å². The predicted octanol–water partition coefficient (Wildman–Crippen LogP) is 2.48. The third-order valence-electron chi connectivity index (χ3n) is 3.83. The van der Waals surface area contributed by atoms with Gasteiger partial charge in [0.25, 0.3) is 0 Å². The van der Waals surface area contributed by atoms with Crippen molar-refractivity contribution in [1.29, 1.82) is 0 Å². The van der Waals surface area contributed by atoms with Gasteiger partial charge in [-0.3, -0.25) is 5.10 Å².